The summed E-state index contributed by atoms with van der Waals surface area (Å²) in [5, 5.41) is 3.10. The Bertz CT molecular complexity index is 704. The molecular weight excluding hydrogens is 270 g/mol. The van der Waals surface area contributed by atoms with E-state index >= 15 is 0 Å². The van der Waals surface area contributed by atoms with E-state index in [2.05, 4.69) is 10.2 Å². The van der Waals surface area contributed by atoms with Crippen molar-refractivity contribution in [1.82, 2.24) is 9.55 Å². The van der Waals surface area contributed by atoms with E-state index in [0.29, 0.717) is 28.3 Å². The zero-order valence-corrected chi connectivity index (χ0v) is 12.5. The van der Waals surface area contributed by atoms with Gasteiger partial charge in [0.1, 0.15) is 0 Å². The molecule has 0 atom stereocenters. The number of pyridine rings is 1. The fraction of sp³-hybridized carbons (Fsp3) is 0.333. The molecule has 0 saturated carbocycles. The van der Waals surface area contributed by atoms with Gasteiger partial charge in [-0.2, -0.15) is 0 Å². The fourth-order valence-electron chi connectivity index (χ4n) is 2.33. The summed E-state index contributed by atoms with van der Waals surface area (Å²) in [5.41, 5.74) is 3.21. The topological polar surface area (TPSA) is 73.6 Å². The van der Waals surface area contributed by atoms with Gasteiger partial charge in [-0.3, -0.25) is 4.98 Å². The van der Waals surface area contributed by atoms with Gasteiger partial charge in [0.2, 0.25) is 0 Å². The SMILES string of the molecule is CCc1cc(-c2cc(C(=O)OC)cc(C)n2)c(N=O)n1C. The van der Waals surface area contributed by atoms with Gasteiger partial charge in [-0.1, -0.05) is 6.92 Å². The van der Waals surface area contributed by atoms with Crippen molar-refractivity contribution in [2.45, 2.75) is 20.3 Å². The molecule has 2 aromatic heterocycles. The van der Waals surface area contributed by atoms with Crippen LogP contribution < -0.4 is 0 Å². The van der Waals surface area contributed by atoms with Crippen LogP contribution in [0.2, 0.25) is 0 Å². The van der Waals surface area contributed by atoms with E-state index in [1.165, 1.54) is 7.11 Å². The summed E-state index contributed by atoms with van der Waals surface area (Å²) in [5.74, 6) is -0.130. The number of nitrogens with zero attached hydrogens (tertiary/aromatic N) is 3. The van der Waals surface area contributed by atoms with Gasteiger partial charge in [0, 0.05) is 24.0 Å². The highest BCUT2D eigenvalue weighted by Crippen LogP contribution is 2.33. The molecule has 0 fully saturated rings. The minimum absolute atomic E-state index is 0.306. The number of aromatic nitrogens is 2. The molecule has 0 amide bonds. The van der Waals surface area contributed by atoms with Crippen LogP contribution in [0.5, 0.6) is 0 Å². The first-order chi connectivity index (χ1) is 10.0. The standard InChI is InChI=1S/C15H17N3O3/c1-5-11-8-12(14(17-20)18(11)3)13-7-10(15(19)21-4)6-9(2)16-13/h6-8H,5H2,1-4H3. The van der Waals surface area contributed by atoms with Crippen molar-refractivity contribution in [2.75, 3.05) is 7.11 Å². The van der Waals surface area contributed by atoms with Crippen molar-refractivity contribution in [3.63, 3.8) is 0 Å². The molecule has 2 aromatic rings. The molecule has 0 unspecified atom stereocenters. The second-order valence-corrected chi connectivity index (χ2v) is 4.75. The number of hydrogen-bond donors (Lipinski definition) is 0. The molecule has 0 aliphatic heterocycles. The van der Waals surface area contributed by atoms with Crippen LogP contribution in [0.1, 0.15) is 28.7 Å². The number of nitroso groups, excluding NO2 is 1. The predicted molar refractivity (Wildman–Crippen MR) is 79.6 cm³/mol. The van der Waals surface area contributed by atoms with Gasteiger partial charge in [-0.25, -0.2) is 4.79 Å². The zero-order chi connectivity index (χ0) is 15.6. The van der Waals surface area contributed by atoms with Crippen molar-refractivity contribution in [2.24, 2.45) is 12.2 Å². The maximum absolute atomic E-state index is 11.7. The smallest absolute Gasteiger partial charge is 0.337 e. The molecule has 0 aliphatic rings. The number of methoxy groups -OCH3 is 1. The molecule has 110 valence electrons. The first kappa shape index (κ1) is 14.9. The lowest BCUT2D eigenvalue weighted by Crippen LogP contribution is -2.03. The number of aryl methyl sites for hydroxylation is 2. The average molecular weight is 287 g/mol. The molecule has 21 heavy (non-hydrogen) atoms. The third kappa shape index (κ3) is 2.69. The van der Waals surface area contributed by atoms with Crippen LogP contribution in [-0.2, 0) is 18.2 Å². The molecule has 0 aromatic carbocycles. The van der Waals surface area contributed by atoms with Crippen molar-refractivity contribution in [1.29, 1.82) is 0 Å². The summed E-state index contributed by atoms with van der Waals surface area (Å²) in [4.78, 5) is 27.2. The summed E-state index contributed by atoms with van der Waals surface area (Å²) >= 11 is 0. The van der Waals surface area contributed by atoms with Crippen LogP contribution in [-0.4, -0.2) is 22.6 Å². The Hall–Kier alpha value is -2.50. The number of hydrogen-bond acceptors (Lipinski definition) is 5. The molecule has 6 heteroatoms. The summed E-state index contributed by atoms with van der Waals surface area (Å²) in [6.45, 7) is 3.78. The van der Waals surface area contributed by atoms with Gasteiger partial charge >= 0.3 is 5.97 Å². The molecule has 6 nitrogen and oxygen atoms in total. The zero-order valence-electron chi connectivity index (χ0n) is 12.5. The minimum atomic E-state index is -0.436. The first-order valence-electron chi connectivity index (χ1n) is 6.61. The van der Waals surface area contributed by atoms with E-state index < -0.39 is 5.97 Å². The van der Waals surface area contributed by atoms with Crippen molar-refractivity contribution < 1.29 is 9.53 Å². The van der Waals surface area contributed by atoms with Gasteiger partial charge < -0.3 is 9.30 Å². The Kier molecular flexibility index (Phi) is 4.16. The highest BCUT2D eigenvalue weighted by molar-refractivity contribution is 5.91. The fourth-order valence-corrected chi connectivity index (χ4v) is 2.33. The van der Waals surface area contributed by atoms with Crippen molar-refractivity contribution >= 4 is 11.8 Å². The lowest BCUT2D eigenvalue weighted by Gasteiger charge is -2.05. The largest absolute Gasteiger partial charge is 0.465 e. The second kappa shape index (κ2) is 5.87. The van der Waals surface area contributed by atoms with Gasteiger partial charge in [0.15, 0.2) is 5.82 Å². The number of carbonyl (C=O) groups is 1. The van der Waals surface area contributed by atoms with Gasteiger partial charge in [-0.05, 0) is 36.7 Å². The molecule has 0 aliphatic carbocycles. The summed E-state index contributed by atoms with van der Waals surface area (Å²) in [6, 6.07) is 5.13. The quantitative estimate of drug-likeness (QED) is 0.639. The molecule has 0 spiro atoms. The molecule has 0 bridgehead atoms. The van der Waals surface area contributed by atoms with E-state index in [1.54, 1.807) is 30.7 Å². The Morgan fingerprint density at radius 3 is 2.67 bits per heavy atom. The summed E-state index contributed by atoms with van der Waals surface area (Å²) < 4.78 is 6.47. The third-order valence-corrected chi connectivity index (χ3v) is 3.40. The molecule has 0 N–H and O–H groups in total. The number of esters is 1. The van der Waals surface area contributed by atoms with Crippen LogP contribution >= 0.6 is 0 Å². The number of rotatable bonds is 4. The highest BCUT2D eigenvalue weighted by atomic mass is 16.5. The average Bonchev–Trinajstić information content (AvgIpc) is 2.81. The second-order valence-electron chi connectivity index (χ2n) is 4.75. The van der Waals surface area contributed by atoms with Crippen LogP contribution in [0.15, 0.2) is 23.4 Å². The molecule has 0 radical (unpaired) electrons. The van der Waals surface area contributed by atoms with Gasteiger partial charge in [0.05, 0.1) is 18.4 Å². The van der Waals surface area contributed by atoms with E-state index in [4.69, 9.17) is 4.74 Å². The monoisotopic (exact) mass is 287 g/mol. The normalized spacial score (nSPS) is 10.5. The Labute approximate surface area is 122 Å². The Morgan fingerprint density at radius 1 is 1.38 bits per heavy atom. The molecular formula is C15H17N3O3. The first-order valence-corrected chi connectivity index (χ1v) is 6.61. The van der Waals surface area contributed by atoms with Crippen LogP contribution in [0.25, 0.3) is 11.3 Å². The van der Waals surface area contributed by atoms with E-state index in [-0.39, 0.29) is 0 Å². The van der Waals surface area contributed by atoms with Gasteiger partial charge in [-0.15, -0.1) is 4.91 Å². The minimum Gasteiger partial charge on any atom is -0.465 e. The van der Waals surface area contributed by atoms with Crippen LogP contribution in [0, 0.1) is 11.8 Å². The van der Waals surface area contributed by atoms with Crippen molar-refractivity contribution in [3.05, 3.63) is 40.1 Å². The Balaban J connectivity index is 2.64. The lowest BCUT2D eigenvalue weighted by molar-refractivity contribution is 0.0600. The maximum atomic E-state index is 11.7. The van der Waals surface area contributed by atoms with Crippen LogP contribution in [0.4, 0.5) is 5.82 Å². The van der Waals surface area contributed by atoms with Crippen molar-refractivity contribution in [3.8, 4) is 11.3 Å². The molecule has 2 rings (SSSR count). The maximum Gasteiger partial charge on any atom is 0.337 e. The van der Waals surface area contributed by atoms with Gasteiger partial charge in [0.25, 0.3) is 0 Å². The summed E-state index contributed by atoms with van der Waals surface area (Å²) in [7, 11) is 3.12. The lowest BCUT2D eigenvalue weighted by atomic mass is 10.1. The predicted octanol–water partition coefficient (Wildman–Crippen LogP) is 3.14. The molecule has 2 heterocycles. The van der Waals surface area contributed by atoms with Crippen LogP contribution in [0.3, 0.4) is 0 Å². The third-order valence-electron chi connectivity index (χ3n) is 3.40. The highest BCUT2D eigenvalue weighted by Gasteiger charge is 2.17. The van der Waals surface area contributed by atoms with E-state index in [0.717, 1.165) is 12.1 Å². The number of ether oxygens (including phenoxy) is 1. The number of carbonyl (C=O) groups excluding carboxylic acids is 1. The summed E-state index contributed by atoms with van der Waals surface area (Å²) in [6.07, 6.45) is 0.773. The Morgan fingerprint density at radius 2 is 2.10 bits per heavy atom. The van der Waals surface area contributed by atoms with E-state index in [9.17, 15) is 9.70 Å². The van der Waals surface area contributed by atoms with E-state index in [1.807, 2.05) is 13.0 Å². The molecule has 0 saturated heterocycles.